The number of hydrogen-bond donors (Lipinski definition) is 2. The van der Waals surface area contributed by atoms with Gasteiger partial charge in [-0.25, -0.2) is 0 Å². The molecule has 190 valence electrons. The Bertz CT molecular complexity index is 1400. The Balaban J connectivity index is 1.30. The number of ketones is 1. The molecule has 2 aromatic rings. The van der Waals surface area contributed by atoms with Gasteiger partial charge in [0.1, 0.15) is 11.9 Å². The van der Waals surface area contributed by atoms with Crippen molar-refractivity contribution < 1.29 is 14.3 Å². The summed E-state index contributed by atoms with van der Waals surface area (Å²) in [6.45, 7) is 8.38. The van der Waals surface area contributed by atoms with Crippen LogP contribution in [0.25, 0.3) is 16.8 Å². The van der Waals surface area contributed by atoms with Crippen LogP contribution in [0.2, 0.25) is 0 Å². The lowest BCUT2D eigenvalue weighted by molar-refractivity contribution is 0.0254. The van der Waals surface area contributed by atoms with Gasteiger partial charge in [0.25, 0.3) is 0 Å². The molecule has 5 heteroatoms. The molecule has 1 aliphatic carbocycles. The number of dihydropyridines is 1. The van der Waals surface area contributed by atoms with Crippen LogP contribution in [0.4, 0.5) is 0 Å². The molecular formula is C32H34N2O3. The minimum absolute atomic E-state index is 0.113. The van der Waals surface area contributed by atoms with E-state index >= 15 is 0 Å². The van der Waals surface area contributed by atoms with Crippen molar-refractivity contribution in [2.45, 2.75) is 52.6 Å². The van der Waals surface area contributed by atoms with Crippen LogP contribution in [-0.2, 0) is 11.2 Å². The van der Waals surface area contributed by atoms with Crippen LogP contribution >= 0.6 is 0 Å². The van der Waals surface area contributed by atoms with Crippen molar-refractivity contribution in [2.24, 2.45) is 0 Å². The normalized spacial score (nSPS) is 19.1. The van der Waals surface area contributed by atoms with Crippen LogP contribution in [0.1, 0.15) is 72.6 Å². The summed E-state index contributed by atoms with van der Waals surface area (Å²) in [6.07, 6.45) is 8.18. The molecule has 4 aliphatic rings. The lowest BCUT2D eigenvalue weighted by Gasteiger charge is -2.26. The number of benzene rings is 2. The van der Waals surface area contributed by atoms with Gasteiger partial charge < -0.3 is 20.1 Å². The number of carbonyl (C=O) groups excluding carboxylic acids is 1. The maximum atomic E-state index is 11.9. The third-order valence-electron chi connectivity index (χ3n) is 7.83. The van der Waals surface area contributed by atoms with E-state index < -0.39 is 0 Å². The number of nitrogens with one attached hydrogen (secondary N) is 2. The second kappa shape index (κ2) is 9.71. The number of aryl methyl sites for hydroxylation is 1. The summed E-state index contributed by atoms with van der Waals surface area (Å²) in [6, 6.07) is 12.8. The summed E-state index contributed by atoms with van der Waals surface area (Å²) in [5.41, 5.74) is 13.3. The first-order valence-electron chi connectivity index (χ1n) is 13.4. The molecule has 2 N–H and O–H groups in total. The zero-order chi connectivity index (χ0) is 25.5. The fraction of sp³-hybridized carbons (Fsp3) is 0.344. The average molecular weight is 495 g/mol. The Morgan fingerprint density at radius 3 is 2.65 bits per heavy atom. The van der Waals surface area contributed by atoms with Crippen LogP contribution in [0.5, 0.6) is 5.75 Å². The Kier molecular flexibility index (Phi) is 6.25. The zero-order valence-corrected chi connectivity index (χ0v) is 21.9. The molecular weight excluding hydrogens is 460 g/mol. The van der Waals surface area contributed by atoms with Gasteiger partial charge in [0.2, 0.25) is 0 Å². The molecule has 0 saturated carbocycles. The lowest BCUT2D eigenvalue weighted by atomic mass is 9.87. The molecule has 0 amide bonds. The molecule has 5 nitrogen and oxygen atoms in total. The Labute approximate surface area is 218 Å². The molecule has 0 aromatic heterocycles. The average Bonchev–Trinajstić information content (AvgIpc) is 3.67. The van der Waals surface area contributed by atoms with Gasteiger partial charge >= 0.3 is 0 Å². The molecule has 3 aliphatic heterocycles. The molecule has 0 atom stereocenters. The van der Waals surface area contributed by atoms with Crippen molar-refractivity contribution in [2.75, 3.05) is 19.8 Å². The van der Waals surface area contributed by atoms with E-state index in [2.05, 4.69) is 60.9 Å². The molecule has 0 spiro atoms. The molecule has 0 bridgehead atoms. The van der Waals surface area contributed by atoms with Crippen LogP contribution in [0.15, 0.2) is 65.5 Å². The maximum Gasteiger partial charge on any atom is 0.159 e. The summed E-state index contributed by atoms with van der Waals surface area (Å²) >= 11 is 0. The van der Waals surface area contributed by atoms with Crippen molar-refractivity contribution in [3.8, 4) is 5.75 Å². The first-order chi connectivity index (χ1) is 18.0. The predicted molar refractivity (Wildman–Crippen MR) is 148 cm³/mol. The molecule has 2 aromatic carbocycles. The van der Waals surface area contributed by atoms with Gasteiger partial charge in [-0.3, -0.25) is 4.79 Å². The van der Waals surface area contributed by atoms with E-state index in [0.29, 0.717) is 0 Å². The molecule has 37 heavy (non-hydrogen) atoms. The van der Waals surface area contributed by atoms with Crippen molar-refractivity contribution in [3.63, 3.8) is 0 Å². The second-order valence-electron chi connectivity index (χ2n) is 10.4. The highest BCUT2D eigenvalue weighted by atomic mass is 16.5. The maximum absolute atomic E-state index is 11.9. The van der Waals surface area contributed by atoms with E-state index in [4.69, 9.17) is 9.47 Å². The Morgan fingerprint density at radius 2 is 1.92 bits per heavy atom. The largest absolute Gasteiger partial charge is 0.490 e. The van der Waals surface area contributed by atoms with Gasteiger partial charge in [0.05, 0.1) is 18.9 Å². The zero-order valence-electron chi connectivity index (χ0n) is 21.9. The van der Waals surface area contributed by atoms with Gasteiger partial charge in [-0.05, 0) is 83.5 Å². The predicted octanol–water partition coefficient (Wildman–Crippen LogP) is 6.03. The molecule has 1 fully saturated rings. The summed E-state index contributed by atoms with van der Waals surface area (Å²) in [4.78, 5) is 11.9. The number of rotatable bonds is 7. The topological polar surface area (TPSA) is 69.5 Å². The van der Waals surface area contributed by atoms with E-state index in [0.717, 1.165) is 68.0 Å². The second-order valence-corrected chi connectivity index (χ2v) is 10.4. The van der Waals surface area contributed by atoms with Gasteiger partial charge in [-0.1, -0.05) is 25.1 Å². The van der Waals surface area contributed by atoms with E-state index in [-0.39, 0.29) is 11.9 Å². The smallest absolute Gasteiger partial charge is 0.159 e. The van der Waals surface area contributed by atoms with Crippen molar-refractivity contribution in [3.05, 3.63) is 93.3 Å². The molecule has 0 radical (unpaired) electrons. The van der Waals surface area contributed by atoms with Gasteiger partial charge in [-0.15, -0.1) is 0 Å². The van der Waals surface area contributed by atoms with Gasteiger partial charge in [-0.2, -0.15) is 0 Å². The highest BCUT2D eigenvalue weighted by molar-refractivity contribution is 5.96. The van der Waals surface area contributed by atoms with Crippen LogP contribution in [-0.4, -0.2) is 31.6 Å². The number of hydrogen-bond acceptors (Lipinski definition) is 5. The van der Waals surface area contributed by atoms with Gasteiger partial charge in [0, 0.05) is 48.8 Å². The molecule has 3 heterocycles. The number of allylic oxidation sites excluding steroid dienone is 4. The number of ether oxygens (including phenoxy) is 2. The third kappa shape index (κ3) is 4.64. The quantitative estimate of drug-likeness (QED) is 0.460. The number of carbonyl (C=O) groups is 1. The summed E-state index contributed by atoms with van der Waals surface area (Å²) in [5.74, 6) is 1.05. The monoisotopic (exact) mass is 494 g/mol. The minimum atomic E-state index is 0.113. The standard InChI is InChI=1S/C32H34N2O3/c1-4-21-13-22(20(3)35)5-7-26(21)24-15-28-29(16-24)33-17-19(2)32(28)23-6-8-31(27(14-23)30-18-34-30)37-25-9-11-36-12-10-25/h5-8,13-14,16,18,25,33-34H,4,9-12,15,17H2,1-3H3. The van der Waals surface area contributed by atoms with Crippen molar-refractivity contribution >= 4 is 22.6 Å². The minimum Gasteiger partial charge on any atom is -0.490 e. The molecule has 0 unspecified atom stereocenters. The molecule has 6 rings (SSSR count). The van der Waals surface area contributed by atoms with Crippen molar-refractivity contribution in [1.82, 2.24) is 10.6 Å². The summed E-state index contributed by atoms with van der Waals surface area (Å²) < 4.78 is 11.9. The first-order valence-corrected chi connectivity index (χ1v) is 13.4. The van der Waals surface area contributed by atoms with E-state index in [1.54, 1.807) is 6.92 Å². The van der Waals surface area contributed by atoms with Crippen molar-refractivity contribution in [1.29, 1.82) is 0 Å². The highest BCUT2D eigenvalue weighted by Crippen LogP contribution is 2.44. The van der Waals surface area contributed by atoms with E-state index in [1.807, 2.05) is 12.3 Å². The number of Topliss-reactive ketones (excluding diaryl/α,β-unsaturated/α-hetero) is 1. The molecule has 1 saturated heterocycles. The Morgan fingerprint density at radius 1 is 1.11 bits per heavy atom. The van der Waals surface area contributed by atoms with E-state index in [1.165, 1.54) is 44.7 Å². The highest BCUT2D eigenvalue weighted by Gasteiger charge is 2.28. The van der Waals surface area contributed by atoms with E-state index in [9.17, 15) is 4.79 Å². The SMILES string of the molecule is CCc1cc(C(C)=O)ccc1C1=CC2=C(C1)C(c1ccc(OC3CCOCC3)c(C3=CN3)c1)=C(C)CN2. The van der Waals surface area contributed by atoms with Crippen LogP contribution < -0.4 is 15.4 Å². The van der Waals surface area contributed by atoms with Crippen LogP contribution in [0, 0.1) is 0 Å². The summed E-state index contributed by atoms with van der Waals surface area (Å²) in [5, 5.41) is 6.93. The fourth-order valence-electron chi connectivity index (χ4n) is 5.73. The third-order valence-corrected chi connectivity index (χ3v) is 7.83. The Hall–Kier alpha value is -3.57. The van der Waals surface area contributed by atoms with Gasteiger partial charge in [0.15, 0.2) is 5.78 Å². The first kappa shape index (κ1) is 23.8. The lowest BCUT2D eigenvalue weighted by Crippen LogP contribution is -2.26. The summed E-state index contributed by atoms with van der Waals surface area (Å²) in [7, 11) is 0. The fourth-order valence-corrected chi connectivity index (χ4v) is 5.73. The van der Waals surface area contributed by atoms with Crippen LogP contribution in [0.3, 0.4) is 0 Å².